The number of carbonyl (C=O) groups excluding carboxylic acids is 1. The predicted molar refractivity (Wildman–Crippen MR) is 109 cm³/mol. The molecule has 7 nitrogen and oxygen atoms in total. The number of hydrogen-bond donors (Lipinski definition) is 2. The second-order valence-corrected chi connectivity index (χ2v) is 6.59. The smallest absolute Gasteiger partial charge is 0.275 e. The van der Waals surface area contributed by atoms with Gasteiger partial charge in [0.1, 0.15) is 23.0 Å². The lowest BCUT2D eigenvalue weighted by atomic mass is 9.97. The number of anilines is 2. The number of nitrogens with zero attached hydrogens (tertiary/aromatic N) is 2. The van der Waals surface area contributed by atoms with Crippen molar-refractivity contribution in [1.82, 2.24) is 9.97 Å². The molecule has 1 aromatic carbocycles. The average Bonchev–Trinajstić information content (AvgIpc) is 2.75. The molecule has 2 aromatic rings. The normalized spacial score (nSPS) is 13.4. The Morgan fingerprint density at radius 2 is 2.04 bits per heavy atom. The molecule has 28 heavy (non-hydrogen) atoms. The van der Waals surface area contributed by atoms with E-state index >= 15 is 0 Å². The predicted octanol–water partition coefficient (Wildman–Crippen LogP) is 4.05. The minimum absolute atomic E-state index is 0.235. The molecule has 1 heterocycles. The Labute approximate surface area is 165 Å². The van der Waals surface area contributed by atoms with E-state index in [-0.39, 0.29) is 11.6 Å². The van der Waals surface area contributed by atoms with Gasteiger partial charge in [0.2, 0.25) is 0 Å². The van der Waals surface area contributed by atoms with Crippen LogP contribution in [0.15, 0.2) is 42.2 Å². The highest BCUT2D eigenvalue weighted by atomic mass is 16.5. The van der Waals surface area contributed by atoms with Crippen molar-refractivity contribution in [3.05, 3.63) is 47.9 Å². The highest BCUT2D eigenvalue weighted by Gasteiger charge is 2.12. The third-order valence-corrected chi connectivity index (χ3v) is 4.68. The van der Waals surface area contributed by atoms with Gasteiger partial charge in [-0.1, -0.05) is 11.6 Å². The van der Waals surface area contributed by atoms with Gasteiger partial charge in [0.25, 0.3) is 5.91 Å². The van der Waals surface area contributed by atoms with Crippen LogP contribution in [0, 0.1) is 0 Å². The summed E-state index contributed by atoms with van der Waals surface area (Å²) in [5.41, 5.74) is 2.28. The second-order valence-electron chi connectivity index (χ2n) is 6.59. The van der Waals surface area contributed by atoms with E-state index in [1.54, 1.807) is 31.5 Å². The van der Waals surface area contributed by atoms with Gasteiger partial charge in [-0.05, 0) is 44.2 Å². The summed E-state index contributed by atoms with van der Waals surface area (Å²) in [4.78, 5) is 20.9. The Morgan fingerprint density at radius 3 is 2.71 bits per heavy atom. The topological polar surface area (TPSA) is 85.4 Å². The highest BCUT2D eigenvalue weighted by molar-refractivity contribution is 6.03. The number of rotatable bonds is 8. The quantitative estimate of drug-likeness (QED) is 0.670. The maximum absolute atomic E-state index is 12.4. The number of amides is 1. The summed E-state index contributed by atoms with van der Waals surface area (Å²) in [5.74, 6) is 1.47. The Bertz CT molecular complexity index is 834. The largest absolute Gasteiger partial charge is 0.497 e. The van der Waals surface area contributed by atoms with E-state index in [1.165, 1.54) is 44.6 Å². The number of carbonyl (C=O) groups is 1. The first kappa shape index (κ1) is 19.7. The number of allylic oxidation sites excluding steroid dienone is 1. The summed E-state index contributed by atoms with van der Waals surface area (Å²) in [6, 6.07) is 5.17. The summed E-state index contributed by atoms with van der Waals surface area (Å²) in [5, 5.41) is 6.04. The lowest BCUT2D eigenvalue weighted by Gasteiger charge is -2.13. The van der Waals surface area contributed by atoms with Crippen molar-refractivity contribution in [2.24, 2.45) is 0 Å². The fraction of sp³-hybridized carbons (Fsp3) is 0.381. The molecule has 0 bridgehead atoms. The van der Waals surface area contributed by atoms with Crippen LogP contribution in [0.25, 0.3) is 0 Å². The molecule has 0 radical (unpaired) electrons. The average molecular weight is 382 g/mol. The molecular weight excluding hydrogens is 356 g/mol. The second kappa shape index (κ2) is 9.73. The number of nitrogens with one attached hydrogen (secondary N) is 2. The van der Waals surface area contributed by atoms with Crippen LogP contribution in [0.1, 0.15) is 42.6 Å². The van der Waals surface area contributed by atoms with Crippen LogP contribution in [-0.4, -0.2) is 36.6 Å². The standard InChI is InChI=1S/C21H26N4O3/c1-27-16-8-9-17(19(12-16)28-2)25-21(26)18-13-24-20(14-23-18)22-11-10-15-6-4-3-5-7-15/h6,8-9,12-14H,3-5,7,10-11H2,1-2H3,(H,22,24)(H,25,26). The molecule has 3 rings (SSSR count). The molecule has 0 spiro atoms. The van der Waals surface area contributed by atoms with Gasteiger partial charge < -0.3 is 20.1 Å². The zero-order chi connectivity index (χ0) is 19.8. The molecular formula is C21H26N4O3. The Kier molecular flexibility index (Phi) is 6.84. The number of ether oxygens (including phenoxy) is 2. The first-order valence-corrected chi connectivity index (χ1v) is 9.47. The molecule has 0 unspecified atom stereocenters. The Balaban J connectivity index is 1.55. The Morgan fingerprint density at radius 1 is 1.14 bits per heavy atom. The maximum atomic E-state index is 12.4. The maximum Gasteiger partial charge on any atom is 0.275 e. The van der Waals surface area contributed by atoms with E-state index in [2.05, 4.69) is 26.7 Å². The molecule has 0 atom stereocenters. The van der Waals surface area contributed by atoms with Gasteiger partial charge in [-0.2, -0.15) is 0 Å². The van der Waals surface area contributed by atoms with Crippen molar-refractivity contribution in [2.75, 3.05) is 31.4 Å². The van der Waals surface area contributed by atoms with Crippen LogP contribution in [0.5, 0.6) is 11.5 Å². The van der Waals surface area contributed by atoms with Crippen molar-refractivity contribution in [3.63, 3.8) is 0 Å². The minimum atomic E-state index is -0.352. The van der Waals surface area contributed by atoms with E-state index in [4.69, 9.17) is 9.47 Å². The molecule has 1 aromatic heterocycles. The van der Waals surface area contributed by atoms with Gasteiger partial charge in [0, 0.05) is 12.6 Å². The van der Waals surface area contributed by atoms with Gasteiger partial charge in [-0.25, -0.2) is 9.97 Å². The number of hydrogen-bond acceptors (Lipinski definition) is 6. The van der Waals surface area contributed by atoms with E-state index in [0.717, 1.165) is 13.0 Å². The SMILES string of the molecule is COc1ccc(NC(=O)c2cnc(NCCC3=CCCCC3)cn2)c(OC)c1. The van der Waals surface area contributed by atoms with Crippen molar-refractivity contribution < 1.29 is 14.3 Å². The Hall–Kier alpha value is -3.09. The summed E-state index contributed by atoms with van der Waals surface area (Å²) in [7, 11) is 3.11. The summed E-state index contributed by atoms with van der Waals surface area (Å²) < 4.78 is 10.5. The monoisotopic (exact) mass is 382 g/mol. The van der Waals surface area contributed by atoms with Crippen LogP contribution in [0.3, 0.4) is 0 Å². The summed E-state index contributed by atoms with van der Waals surface area (Å²) in [6.45, 7) is 0.815. The molecule has 7 heteroatoms. The summed E-state index contributed by atoms with van der Waals surface area (Å²) in [6.07, 6.45) is 11.4. The molecule has 1 amide bonds. The molecule has 148 valence electrons. The van der Waals surface area contributed by atoms with Crippen molar-refractivity contribution in [1.29, 1.82) is 0 Å². The van der Waals surface area contributed by atoms with Crippen LogP contribution in [0.2, 0.25) is 0 Å². The molecule has 0 saturated carbocycles. The fourth-order valence-corrected chi connectivity index (χ4v) is 3.11. The van der Waals surface area contributed by atoms with Gasteiger partial charge in [0.15, 0.2) is 0 Å². The zero-order valence-corrected chi connectivity index (χ0v) is 16.3. The molecule has 0 saturated heterocycles. The fourth-order valence-electron chi connectivity index (χ4n) is 3.11. The third-order valence-electron chi connectivity index (χ3n) is 4.68. The van der Waals surface area contributed by atoms with Gasteiger partial charge >= 0.3 is 0 Å². The molecule has 0 aliphatic heterocycles. The highest BCUT2D eigenvalue weighted by Crippen LogP contribution is 2.29. The van der Waals surface area contributed by atoms with Crippen LogP contribution < -0.4 is 20.1 Å². The first-order valence-electron chi connectivity index (χ1n) is 9.47. The first-order chi connectivity index (χ1) is 13.7. The summed E-state index contributed by atoms with van der Waals surface area (Å²) >= 11 is 0. The molecule has 1 aliphatic carbocycles. The van der Waals surface area contributed by atoms with Crippen molar-refractivity contribution >= 4 is 17.4 Å². The number of methoxy groups -OCH3 is 2. The van der Waals surface area contributed by atoms with E-state index in [9.17, 15) is 4.79 Å². The molecule has 1 aliphatic rings. The molecule has 0 fully saturated rings. The lowest BCUT2D eigenvalue weighted by Crippen LogP contribution is -2.15. The van der Waals surface area contributed by atoms with Gasteiger partial charge in [-0.3, -0.25) is 4.79 Å². The van der Waals surface area contributed by atoms with Crippen molar-refractivity contribution in [3.8, 4) is 11.5 Å². The van der Waals surface area contributed by atoms with Gasteiger partial charge in [-0.15, -0.1) is 0 Å². The zero-order valence-electron chi connectivity index (χ0n) is 16.3. The minimum Gasteiger partial charge on any atom is -0.497 e. The molecule has 2 N–H and O–H groups in total. The van der Waals surface area contributed by atoms with E-state index < -0.39 is 0 Å². The van der Waals surface area contributed by atoms with Gasteiger partial charge in [0.05, 0.1) is 32.3 Å². The van der Waals surface area contributed by atoms with Crippen LogP contribution >= 0.6 is 0 Å². The van der Waals surface area contributed by atoms with E-state index in [0.29, 0.717) is 23.0 Å². The lowest BCUT2D eigenvalue weighted by molar-refractivity contribution is 0.102. The van der Waals surface area contributed by atoms with E-state index in [1.807, 2.05) is 0 Å². The number of aromatic nitrogens is 2. The van der Waals surface area contributed by atoms with Crippen molar-refractivity contribution in [2.45, 2.75) is 32.1 Å². The number of benzene rings is 1. The van der Waals surface area contributed by atoms with Crippen LogP contribution in [0.4, 0.5) is 11.5 Å². The van der Waals surface area contributed by atoms with Crippen LogP contribution in [-0.2, 0) is 0 Å². The third kappa shape index (κ3) is 5.22.